The van der Waals surface area contributed by atoms with Crippen molar-refractivity contribution < 1.29 is 18.7 Å². The largest absolute Gasteiger partial charge is 0.487 e. The van der Waals surface area contributed by atoms with Crippen LogP contribution in [0.1, 0.15) is 37.8 Å². The third kappa shape index (κ3) is 3.95. The van der Waals surface area contributed by atoms with Crippen LogP contribution in [0.4, 0.5) is 4.39 Å². The lowest BCUT2D eigenvalue weighted by Crippen LogP contribution is -2.49. The molecule has 2 aromatic rings. The van der Waals surface area contributed by atoms with Crippen LogP contribution in [-0.4, -0.2) is 29.4 Å². The Morgan fingerprint density at radius 1 is 1.24 bits per heavy atom. The van der Waals surface area contributed by atoms with Crippen molar-refractivity contribution in [2.24, 2.45) is 16.6 Å². The normalized spacial score (nSPS) is 25.3. The van der Waals surface area contributed by atoms with Crippen molar-refractivity contribution in [1.29, 1.82) is 0 Å². The molecule has 6 nitrogen and oxygen atoms in total. The van der Waals surface area contributed by atoms with Crippen LogP contribution in [0, 0.1) is 5.92 Å². The molecule has 2 aromatic carbocycles. The first-order valence-corrected chi connectivity index (χ1v) is 11.4. The van der Waals surface area contributed by atoms with Gasteiger partial charge in [0.15, 0.2) is 11.5 Å². The molecule has 0 saturated carbocycles. The number of hydrogen-bond donors (Lipinski definition) is 1. The predicted molar refractivity (Wildman–Crippen MR) is 128 cm³/mol. The molecule has 34 heavy (non-hydrogen) atoms. The van der Waals surface area contributed by atoms with Gasteiger partial charge in [-0.3, -0.25) is 9.69 Å². The first-order valence-electron chi connectivity index (χ1n) is 11.4. The second-order valence-electron chi connectivity index (χ2n) is 9.81. The molecule has 0 fully saturated rings. The van der Waals surface area contributed by atoms with E-state index < -0.39 is 11.1 Å². The fraction of sp³-hybridized carbons (Fsp3) is 0.333. The summed E-state index contributed by atoms with van der Waals surface area (Å²) in [5.41, 5.74) is 5.99. The van der Waals surface area contributed by atoms with Gasteiger partial charge in [-0.2, -0.15) is 0 Å². The first-order chi connectivity index (χ1) is 16.1. The van der Waals surface area contributed by atoms with Gasteiger partial charge in [0.05, 0.1) is 0 Å². The zero-order valence-electron chi connectivity index (χ0n) is 19.5. The molecule has 2 atom stereocenters. The van der Waals surface area contributed by atoms with Crippen molar-refractivity contribution in [2.75, 3.05) is 7.05 Å². The fourth-order valence-electron chi connectivity index (χ4n) is 5.07. The molecule has 2 heterocycles. The molecule has 0 saturated heterocycles. The molecule has 1 spiro atoms. The number of carbonyl (C=O) groups excluding carboxylic acids is 1. The van der Waals surface area contributed by atoms with E-state index in [-0.39, 0.29) is 23.6 Å². The van der Waals surface area contributed by atoms with Gasteiger partial charge in [-0.25, -0.2) is 9.38 Å². The van der Waals surface area contributed by atoms with E-state index >= 15 is 0 Å². The van der Waals surface area contributed by atoms with Crippen LogP contribution in [0.3, 0.4) is 0 Å². The van der Waals surface area contributed by atoms with Crippen LogP contribution < -0.4 is 15.2 Å². The molecular weight excluding hydrogens is 433 g/mol. The molecule has 3 aliphatic rings. The Morgan fingerprint density at radius 2 is 2.00 bits per heavy atom. The van der Waals surface area contributed by atoms with E-state index in [1.54, 1.807) is 25.2 Å². The van der Waals surface area contributed by atoms with Gasteiger partial charge in [-0.05, 0) is 56.0 Å². The Labute approximate surface area is 198 Å². The second-order valence-corrected chi connectivity index (χ2v) is 9.81. The number of nitrogens with zero attached hydrogens (tertiary/aromatic N) is 2. The predicted octanol–water partition coefficient (Wildman–Crippen LogP) is 4.61. The molecule has 2 aliphatic heterocycles. The number of rotatable bonds is 4. The maximum absolute atomic E-state index is 14.5. The van der Waals surface area contributed by atoms with Gasteiger partial charge in [0.1, 0.15) is 28.7 Å². The highest BCUT2D eigenvalue weighted by Crippen LogP contribution is 2.50. The summed E-state index contributed by atoms with van der Waals surface area (Å²) in [5.74, 6) is 1.22. The highest BCUT2D eigenvalue weighted by molar-refractivity contribution is 6.07. The van der Waals surface area contributed by atoms with Gasteiger partial charge in [-0.1, -0.05) is 30.3 Å². The maximum Gasteiger partial charge on any atom is 0.261 e. The molecule has 0 aromatic heterocycles. The Bertz CT molecular complexity index is 1230. The van der Waals surface area contributed by atoms with Gasteiger partial charge in [0.2, 0.25) is 0 Å². The van der Waals surface area contributed by atoms with E-state index in [0.717, 1.165) is 12.0 Å². The number of allylic oxidation sites excluding steroid dienone is 3. The Balaban J connectivity index is 1.46. The van der Waals surface area contributed by atoms with Gasteiger partial charge in [0.25, 0.3) is 5.91 Å². The molecule has 2 unspecified atom stereocenters. The van der Waals surface area contributed by atoms with Crippen molar-refractivity contribution in [3.63, 3.8) is 0 Å². The average molecular weight is 462 g/mol. The number of ether oxygens (including phenoxy) is 2. The highest BCUT2D eigenvalue weighted by atomic mass is 19.1. The number of hydrogen-bond acceptors (Lipinski definition) is 5. The number of guanidine groups is 1. The summed E-state index contributed by atoms with van der Waals surface area (Å²) in [6, 6.07) is 15.3. The number of carbonyl (C=O) groups is 1. The van der Waals surface area contributed by atoms with Crippen LogP contribution in [-0.2, 0) is 16.8 Å². The summed E-state index contributed by atoms with van der Waals surface area (Å²) in [6.07, 6.45) is 4.78. The van der Waals surface area contributed by atoms with Crippen molar-refractivity contribution in [3.8, 4) is 11.5 Å². The summed E-state index contributed by atoms with van der Waals surface area (Å²) in [4.78, 5) is 19.2. The molecule has 176 valence electrons. The summed E-state index contributed by atoms with van der Waals surface area (Å²) in [6.45, 7) is 3.85. The number of amides is 1. The van der Waals surface area contributed by atoms with Crippen LogP contribution in [0.5, 0.6) is 11.5 Å². The Hall–Kier alpha value is -3.61. The van der Waals surface area contributed by atoms with Crippen molar-refractivity contribution in [2.45, 2.75) is 44.2 Å². The smallest absolute Gasteiger partial charge is 0.261 e. The topological polar surface area (TPSA) is 77.2 Å². The molecule has 0 bridgehead atoms. The van der Waals surface area contributed by atoms with E-state index in [1.807, 2.05) is 50.3 Å². The molecule has 0 radical (unpaired) electrons. The Kier molecular flexibility index (Phi) is 5.23. The van der Waals surface area contributed by atoms with Crippen LogP contribution >= 0.6 is 0 Å². The van der Waals surface area contributed by atoms with Crippen LogP contribution in [0.2, 0.25) is 0 Å². The molecule has 1 aliphatic carbocycles. The number of likely N-dealkylation sites (N-methyl/N-ethyl adjacent to an activating group) is 1. The lowest BCUT2D eigenvalue weighted by atomic mass is 9.77. The van der Waals surface area contributed by atoms with Crippen LogP contribution in [0.25, 0.3) is 0 Å². The lowest BCUT2D eigenvalue weighted by molar-refractivity contribution is -0.133. The average Bonchev–Trinajstić information content (AvgIpc) is 2.97. The summed E-state index contributed by atoms with van der Waals surface area (Å²) in [5, 5.41) is 0. The summed E-state index contributed by atoms with van der Waals surface area (Å²) >= 11 is 0. The third-order valence-corrected chi connectivity index (χ3v) is 6.50. The van der Waals surface area contributed by atoms with E-state index in [0.29, 0.717) is 35.7 Å². The first kappa shape index (κ1) is 22.2. The van der Waals surface area contributed by atoms with Gasteiger partial charge >= 0.3 is 0 Å². The molecule has 1 amide bonds. The van der Waals surface area contributed by atoms with E-state index in [9.17, 15) is 9.18 Å². The molecule has 5 rings (SSSR count). The third-order valence-electron chi connectivity index (χ3n) is 6.50. The highest BCUT2D eigenvalue weighted by Gasteiger charge is 2.55. The lowest BCUT2D eigenvalue weighted by Gasteiger charge is -2.41. The van der Waals surface area contributed by atoms with E-state index in [2.05, 4.69) is 4.99 Å². The van der Waals surface area contributed by atoms with Gasteiger partial charge in [0, 0.05) is 31.5 Å². The summed E-state index contributed by atoms with van der Waals surface area (Å²) < 4.78 is 26.7. The van der Waals surface area contributed by atoms with Crippen molar-refractivity contribution in [1.82, 2.24) is 4.90 Å². The van der Waals surface area contributed by atoms with Crippen LogP contribution in [0.15, 0.2) is 77.3 Å². The summed E-state index contributed by atoms with van der Waals surface area (Å²) in [7, 11) is 1.62. The van der Waals surface area contributed by atoms with Crippen molar-refractivity contribution in [3.05, 3.63) is 83.4 Å². The van der Waals surface area contributed by atoms with Gasteiger partial charge < -0.3 is 15.2 Å². The zero-order valence-corrected chi connectivity index (χ0v) is 19.5. The zero-order chi connectivity index (χ0) is 24.1. The number of halogens is 1. The number of fused-ring (bicyclic) bond motifs is 2. The van der Waals surface area contributed by atoms with Crippen molar-refractivity contribution >= 4 is 11.9 Å². The molecule has 7 heteroatoms. The standard InChI is InChI=1S/C27H28FN3O3/c1-26(2)16-27(24(32)31(3)25(29)30-27)22-15-20(9-10-23(22)34-26)33-21-13-18(12-19(28)14-21)11-17-7-5-4-6-8-17/h4-10,13-15,18H,11-12,16H2,1-3H3,(H2,29,30). The minimum atomic E-state index is -1.17. The molecular formula is C27H28FN3O3. The monoisotopic (exact) mass is 461 g/mol. The minimum Gasteiger partial charge on any atom is -0.487 e. The second kappa shape index (κ2) is 8.01. The maximum atomic E-state index is 14.5. The number of nitrogens with two attached hydrogens (primary N) is 1. The van der Waals surface area contributed by atoms with E-state index in [4.69, 9.17) is 15.2 Å². The fourth-order valence-corrected chi connectivity index (χ4v) is 5.07. The quantitative estimate of drug-likeness (QED) is 0.722. The Morgan fingerprint density at radius 3 is 2.71 bits per heavy atom. The number of aliphatic imine (C=N–C) groups is 1. The van der Waals surface area contributed by atoms with Gasteiger partial charge in [-0.15, -0.1) is 0 Å². The molecule has 2 N–H and O–H groups in total. The van der Waals surface area contributed by atoms with E-state index in [1.165, 1.54) is 11.0 Å². The minimum absolute atomic E-state index is 0.00930. The number of benzene rings is 2. The SMILES string of the molecule is CN1C(=O)C2(CC(C)(C)Oc3ccc(OC4=CC(Cc5ccccc5)CC(F)=C4)cc32)N=C1N.